The number of carboxylic acids is 3. The molecule has 0 aromatic rings. The Morgan fingerprint density at radius 3 is 0.984 bits per heavy atom. The molecule has 11 N–H and O–H groups in total. The van der Waals surface area contributed by atoms with Crippen LogP contribution in [0.4, 0.5) is 0 Å². The summed E-state index contributed by atoms with van der Waals surface area (Å²) in [6.07, 6.45) is 34.1. The molecule has 13 aliphatic carbocycles. The van der Waals surface area contributed by atoms with Crippen LogP contribution in [0.15, 0.2) is 0 Å². The van der Waals surface area contributed by atoms with Crippen molar-refractivity contribution < 1.29 is 83.8 Å². The maximum absolute atomic E-state index is 14.8. The van der Waals surface area contributed by atoms with Crippen molar-refractivity contribution in [3.05, 3.63) is 0 Å². The lowest BCUT2D eigenvalue weighted by molar-refractivity contribution is -0.209. The summed E-state index contributed by atoms with van der Waals surface area (Å²) in [5, 5.41) is 98.8. The van der Waals surface area contributed by atoms with Gasteiger partial charge in [0, 0.05) is 75.0 Å². The summed E-state index contributed by atoms with van der Waals surface area (Å²) >= 11 is 0. The second-order valence-corrected chi connectivity index (χ2v) is 46.9. The molecule has 13 fully saturated rings. The lowest BCUT2D eigenvalue weighted by atomic mass is 9.43. The molecule has 2 unspecified atom stereocenters. The van der Waals surface area contributed by atoms with E-state index in [9.17, 15) is 69.6 Å². The van der Waals surface area contributed by atoms with Crippen LogP contribution in [0.3, 0.4) is 0 Å². The molecular formula is C102H171N3O17. The van der Waals surface area contributed by atoms with Crippen LogP contribution in [0.25, 0.3) is 0 Å². The van der Waals surface area contributed by atoms with Gasteiger partial charge >= 0.3 is 17.9 Å². The molecule has 0 bridgehead atoms. The predicted molar refractivity (Wildman–Crippen MR) is 473 cm³/mol. The zero-order valence-electron chi connectivity index (χ0n) is 77.9. The minimum Gasteiger partial charge on any atom is -0.481 e. The number of hydrogen-bond acceptors (Lipinski definition) is 14. The van der Waals surface area contributed by atoms with Crippen LogP contribution in [0.5, 0.6) is 0 Å². The van der Waals surface area contributed by atoms with E-state index in [0.717, 1.165) is 199 Å². The van der Waals surface area contributed by atoms with E-state index in [1.54, 1.807) is 0 Å². The standard InChI is InChI=1S/C102H171N3O17/c1-62(25-36-86(111)112)72-30-33-75-71-29-28-65-51-68(39-42-97(65,7)78(71)56-83(108)100(72,75)10)120-48-22-16-13-19-45-103-91(117)94(4)59-95(5,92(118)104-46-20-14-17-23-49-121-69-40-43-98(8)66(52-69)54-81(106)89-76-34-31-73(63(2)26-37-87(113)114)101(76,11)84(109)57-79(89)98)61-96(6,60-94)93(119)105-47-21-15-18-24-50-122-70-41-44-99(9)67(53-70)55-82(107)90-77-35-32-74(64(3)27-38-88(115)116)102(77,12)85(110)58-80(90)99/h62-85,89-90,106-110H,13-61H2,1-12H3,(H,103,117)(H,104,118)(H,105,119)(H,111,112)(H,113,114)(H,115,116)/t62-,63-,64-,65-,66+,67+,68+,69+,70+,71+,72-,73-,74-,75+,76+,77+,78+,79+,80+,81-,82-,83+,84+,85+,89+,90+,94?,95?,96?,97+,98+,99+,100-,101-,102-/m1/s1. The number of carbonyl (C=O) groups is 6. The molecule has 0 saturated heterocycles. The maximum Gasteiger partial charge on any atom is 0.303 e. The SMILES string of the molecule is C[C@H](CCC(=O)O)[C@H]1CC[C@H]2[C@@H]3CC[C@@H]4C[C@@H](OCCCCCCNC(=O)C5(C)CC(C)(C(=O)NCCCCCCO[C@H]6CC[C@@]7(C)[C@@H](C6)C[C@@H](O)[C@@H]6[C@@H]7C[C@H](O)[C@]7(C)[C@@H]([C@H](C)CCC(=O)O)CC[C@@H]67)CC(C)(C(=O)NCCCCCCO[C@H]6CC[C@@]7(C)[C@@H](C6)C[C@@H](O)[C@@H]6[C@@H]7C[C@H](O)[C@]7(C)[C@@H]([C@H](C)CCC(=O)O)CC[C@@H]67)C5)CC[C@]4(C)[C@H]3C[C@H](O)[C@]12C. The van der Waals surface area contributed by atoms with E-state index >= 15 is 0 Å². The second kappa shape index (κ2) is 39.3. The normalized spacial score (nSPS) is 45.1. The maximum atomic E-state index is 14.8. The van der Waals surface area contributed by atoms with Gasteiger partial charge in [-0.1, -0.05) is 122 Å². The molecule has 3 amide bonds. The average molecular weight is 1710 g/mol. The van der Waals surface area contributed by atoms with Crippen molar-refractivity contribution in [1.82, 2.24) is 16.0 Å². The fraction of sp³-hybridized carbons (Fsp3) is 0.941. The number of aliphatic carboxylic acids is 3. The lowest BCUT2D eigenvalue weighted by Gasteiger charge is -2.63. The van der Waals surface area contributed by atoms with E-state index in [-0.39, 0.29) is 159 Å². The summed E-state index contributed by atoms with van der Waals surface area (Å²) in [5.41, 5.74) is -3.51. The van der Waals surface area contributed by atoms with Gasteiger partial charge in [0.05, 0.1) is 48.8 Å². The fourth-order valence-corrected chi connectivity index (χ4v) is 33.5. The highest BCUT2D eigenvalue weighted by molar-refractivity contribution is 5.90. The first-order valence-corrected chi connectivity index (χ1v) is 50.5. The highest BCUT2D eigenvalue weighted by Crippen LogP contribution is 2.73. The third kappa shape index (κ3) is 19.2. The van der Waals surface area contributed by atoms with E-state index in [1.165, 1.54) is 12.8 Å². The number of nitrogens with one attached hydrogen (secondary N) is 3. The number of aliphatic hydroxyl groups excluding tert-OH is 5. The summed E-state index contributed by atoms with van der Waals surface area (Å²) < 4.78 is 20.0. The summed E-state index contributed by atoms with van der Waals surface area (Å²) in [7, 11) is 0. The van der Waals surface area contributed by atoms with Crippen molar-refractivity contribution in [3.8, 4) is 0 Å². The van der Waals surface area contributed by atoms with Gasteiger partial charge in [-0.15, -0.1) is 0 Å². The van der Waals surface area contributed by atoms with Gasteiger partial charge in [0.2, 0.25) is 17.7 Å². The molecule has 122 heavy (non-hydrogen) atoms. The number of rotatable bonds is 39. The monoisotopic (exact) mass is 1710 g/mol. The van der Waals surface area contributed by atoms with Crippen LogP contribution < -0.4 is 16.0 Å². The average Bonchev–Trinajstić information content (AvgIpc) is 1.42. The summed E-state index contributed by atoms with van der Waals surface area (Å²) in [6, 6.07) is 0. The van der Waals surface area contributed by atoms with Gasteiger partial charge in [-0.05, 0) is 357 Å². The molecule has 0 aromatic heterocycles. The van der Waals surface area contributed by atoms with Crippen LogP contribution >= 0.6 is 0 Å². The molecule has 13 rings (SSSR count). The van der Waals surface area contributed by atoms with Crippen molar-refractivity contribution in [2.75, 3.05) is 39.5 Å². The van der Waals surface area contributed by atoms with Crippen molar-refractivity contribution in [2.24, 2.45) is 155 Å². The first-order valence-electron chi connectivity index (χ1n) is 50.5. The van der Waals surface area contributed by atoms with E-state index < -0.39 is 58.6 Å². The fourth-order valence-electron chi connectivity index (χ4n) is 33.5. The van der Waals surface area contributed by atoms with Crippen LogP contribution in [0.1, 0.15) is 359 Å². The van der Waals surface area contributed by atoms with Gasteiger partial charge in [-0.3, -0.25) is 28.8 Å². The molecular weight excluding hydrogens is 1540 g/mol. The lowest BCUT2D eigenvalue weighted by Crippen LogP contribution is -2.62. The van der Waals surface area contributed by atoms with Gasteiger partial charge < -0.3 is 71.0 Å². The molecule has 696 valence electrons. The molecule has 0 radical (unpaired) electrons. The van der Waals surface area contributed by atoms with Crippen LogP contribution in [0, 0.1) is 155 Å². The minimum atomic E-state index is -0.987. The number of unbranched alkanes of at least 4 members (excludes halogenated alkanes) is 9. The topological polar surface area (TPSA) is 328 Å². The number of carbonyl (C=O) groups excluding carboxylic acids is 3. The molecule has 34 atom stereocenters. The smallest absolute Gasteiger partial charge is 0.303 e. The van der Waals surface area contributed by atoms with Crippen molar-refractivity contribution in [3.63, 3.8) is 0 Å². The van der Waals surface area contributed by atoms with Crippen LogP contribution in [0.2, 0.25) is 0 Å². The number of aliphatic hydroxyl groups is 5. The Balaban J connectivity index is 0.545. The summed E-state index contributed by atoms with van der Waals surface area (Å²) in [4.78, 5) is 78.9. The van der Waals surface area contributed by atoms with Crippen molar-refractivity contribution in [2.45, 2.75) is 408 Å². The molecule has 0 spiro atoms. The minimum absolute atomic E-state index is 0.0213. The second-order valence-electron chi connectivity index (χ2n) is 46.9. The summed E-state index contributed by atoms with van der Waals surface area (Å²) in [6.45, 7) is 30.2. The molecule has 13 aliphatic rings. The largest absolute Gasteiger partial charge is 0.481 e. The predicted octanol–water partition coefficient (Wildman–Crippen LogP) is 17.7. The Kier molecular flexibility index (Phi) is 30.9. The molecule has 0 aromatic carbocycles. The first-order chi connectivity index (χ1) is 57.8. The molecule has 20 nitrogen and oxygen atoms in total. The van der Waals surface area contributed by atoms with Crippen LogP contribution in [-0.2, 0) is 43.0 Å². The Morgan fingerprint density at radius 1 is 0.336 bits per heavy atom. The zero-order chi connectivity index (χ0) is 87.9. The van der Waals surface area contributed by atoms with Gasteiger partial charge in [-0.2, -0.15) is 0 Å². The Hall–Kier alpha value is -3.50. The highest BCUT2D eigenvalue weighted by Gasteiger charge is 2.70. The highest BCUT2D eigenvalue weighted by atomic mass is 16.5. The Bertz CT molecular complexity index is 3390. The first kappa shape index (κ1) is 96.1. The Labute approximate surface area is 734 Å². The molecule has 0 aliphatic heterocycles. The molecule has 13 saturated carbocycles. The van der Waals surface area contributed by atoms with Gasteiger partial charge in [0.1, 0.15) is 0 Å². The number of hydrogen-bond donors (Lipinski definition) is 11. The van der Waals surface area contributed by atoms with Crippen molar-refractivity contribution >= 4 is 35.6 Å². The Morgan fingerprint density at radius 2 is 0.639 bits per heavy atom. The zero-order valence-corrected chi connectivity index (χ0v) is 77.9. The van der Waals surface area contributed by atoms with Gasteiger partial charge in [0.15, 0.2) is 0 Å². The van der Waals surface area contributed by atoms with Crippen LogP contribution in [-0.4, -0.2) is 165 Å². The van der Waals surface area contributed by atoms with E-state index in [0.29, 0.717) is 126 Å². The number of ether oxygens (including phenoxy) is 3. The quantitative estimate of drug-likeness (QED) is 0.0255. The van der Waals surface area contributed by atoms with E-state index in [2.05, 4.69) is 78.3 Å². The molecule has 20 heteroatoms. The van der Waals surface area contributed by atoms with Crippen molar-refractivity contribution in [1.29, 1.82) is 0 Å². The number of amides is 3. The van der Waals surface area contributed by atoms with Gasteiger partial charge in [-0.25, -0.2) is 0 Å². The third-order valence-electron chi connectivity index (χ3n) is 40.0. The van der Waals surface area contributed by atoms with E-state index in [1.807, 2.05) is 20.8 Å². The summed E-state index contributed by atoms with van der Waals surface area (Å²) in [5.74, 6) is 3.03. The number of fused-ring (bicyclic) bond motifs is 15. The molecule has 0 heterocycles. The van der Waals surface area contributed by atoms with E-state index in [4.69, 9.17) is 14.2 Å². The third-order valence-corrected chi connectivity index (χ3v) is 40.0. The van der Waals surface area contributed by atoms with Gasteiger partial charge in [0.25, 0.3) is 0 Å². The number of carboxylic acid groups (broad SMARTS) is 3.